The summed E-state index contributed by atoms with van der Waals surface area (Å²) in [6.07, 6.45) is 1.71. The van der Waals surface area contributed by atoms with Gasteiger partial charge in [0.1, 0.15) is 5.75 Å². The molecule has 0 saturated carbocycles. The number of urea groups is 1. The van der Waals surface area contributed by atoms with Crippen molar-refractivity contribution in [1.82, 2.24) is 20.1 Å². The molecule has 3 heterocycles. The number of aromatic nitrogens is 1. The topological polar surface area (TPSA) is 74.8 Å². The molecule has 4 rings (SSSR count). The van der Waals surface area contributed by atoms with E-state index in [4.69, 9.17) is 4.74 Å². The fourth-order valence-corrected chi connectivity index (χ4v) is 3.58. The average Bonchev–Trinajstić information content (AvgIpc) is 3.02. The van der Waals surface area contributed by atoms with Gasteiger partial charge < -0.3 is 15.0 Å². The summed E-state index contributed by atoms with van der Waals surface area (Å²) in [5, 5.41) is 2.93. The number of benzene rings is 1. The van der Waals surface area contributed by atoms with Gasteiger partial charge in [-0.05, 0) is 18.2 Å². The highest BCUT2D eigenvalue weighted by Gasteiger charge is 2.43. The number of hydrogen-bond donors (Lipinski definition) is 1. The van der Waals surface area contributed by atoms with E-state index in [-0.39, 0.29) is 11.9 Å². The molecule has 0 unspecified atom stereocenters. The van der Waals surface area contributed by atoms with Gasteiger partial charge in [-0.2, -0.15) is 0 Å². The maximum Gasteiger partial charge on any atom is 0.322 e. The Morgan fingerprint density at radius 3 is 2.70 bits per heavy atom. The molecule has 2 aliphatic rings. The smallest absolute Gasteiger partial charge is 0.322 e. The number of para-hydroxylation sites is 1. The van der Waals surface area contributed by atoms with Crippen LogP contribution < -0.4 is 10.1 Å². The van der Waals surface area contributed by atoms with Crippen molar-refractivity contribution in [2.24, 2.45) is 0 Å². The third-order valence-electron chi connectivity index (χ3n) is 4.96. The van der Waals surface area contributed by atoms with Crippen LogP contribution in [0, 0.1) is 0 Å². The summed E-state index contributed by atoms with van der Waals surface area (Å²) in [5.74, 6) is 0.536. The Bertz CT molecular complexity index is 926. The second kappa shape index (κ2) is 6.75. The first-order valence-corrected chi connectivity index (χ1v) is 8.69. The second-order valence-corrected chi connectivity index (χ2v) is 6.53. The Labute approximate surface area is 157 Å². The molecule has 2 aliphatic heterocycles. The summed E-state index contributed by atoms with van der Waals surface area (Å²) in [7, 11) is 3.26. The second-order valence-electron chi connectivity index (χ2n) is 6.53. The predicted molar refractivity (Wildman–Crippen MR) is 98.7 cm³/mol. The maximum absolute atomic E-state index is 13.2. The molecule has 0 aliphatic carbocycles. The number of nitrogens with zero attached hydrogens (tertiary/aromatic N) is 3. The lowest BCUT2D eigenvalue weighted by atomic mass is 9.95. The highest BCUT2D eigenvalue weighted by molar-refractivity contribution is 6.01. The SMILES string of the molecule is COc1ccccc1[C@@H]1NC(=O)N(C)C2=C1C(=O)N(Cc1ccccn1)C2. The summed E-state index contributed by atoms with van der Waals surface area (Å²) >= 11 is 0. The lowest BCUT2D eigenvalue weighted by Gasteiger charge is -2.31. The fourth-order valence-electron chi connectivity index (χ4n) is 3.58. The number of hydrogen-bond acceptors (Lipinski definition) is 4. The van der Waals surface area contributed by atoms with Gasteiger partial charge in [0.2, 0.25) is 0 Å². The first-order valence-electron chi connectivity index (χ1n) is 8.69. The number of methoxy groups -OCH3 is 1. The standard InChI is InChI=1S/C20H20N4O3/c1-23-15-12-24(11-13-7-5-6-10-21-13)19(25)17(15)18(22-20(23)26)14-8-3-4-9-16(14)27-2/h3-10,18H,11-12H2,1-2H3,(H,22,26)/t18-/m0/s1. The van der Waals surface area contributed by atoms with Crippen LogP contribution in [0.5, 0.6) is 5.75 Å². The zero-order valence-corrected chi connectivity index (χ0v) is 15.2. The molecule has 1 atom stereocenters. The quantitative estimate of drug-likeness (QED) is 0.901. The lowest BCUT2D eigenvalue weighted by molar-refractivity contribution is -0.126. The summed E-state index contributed by atoms with van der Waals surface area (Å²) in [4.78, 5) is 33.2. The first kappa shape index (κ1) is 17.1. The number of carbonyl (C=O) groups is 2. The molecule has 3 amide bonds. The largest absolute Gasteiger partial charge is 0.496 e. The maximum atomic E-state index is 13.2. The monoisotopic (exact) mass is 364 g/mol. The highest BCUT2D eigenvalue weighted by Crippen LogP contribution is 2.39. The molecule has 0 saturated heterocycles. The van der Waals surface area contributed by atoms with Crippen molar-refractivity contribution < 1.29 is 14.3 Å². The Hall–Kier alpha value is -3.35. The minimum absolute atomic E-state index is 0.0987. The van der Waals surface area contributed by atoms with Crippen LogP contribution in [0.3, 0.4) is 0 Å². The van der Waals surface area contributed by atoms with E-state index in [1.807, 2.05) is 42.5 Å². The third-order valence-corrected chi connectivity index (χ3v) is 4.96. The molecule has 1 aromatic carbocycles. The van der Waals surface area contributed by atoms with Gasteiger partial charge in [0.05, 0.1) is 43.2 Å². The number of ether oxygens (including phenoxy) is 1. The molecule has 7 nitrogen and oxygen atoms in total. The molecule has 7 heteroatoms. The number of pyridine rings is 1. The molecule has 27 heavy (non-hydrogen) atoms. The average molecular weight is 364 g/mol. The van der Waals surface area contributed by atoms with Crippen LogP contribution in [-0.4, -0.2) is 47.4 Å². The Morgan fingerprint density at radius 1 is 1.19 bits per heavy atom. The highest BCUT2D eigenvalue weighted by atomic mass is 16.5. The van der Waals surface area contributed by atoms with Crippen LogP contribution in [0.15, 0.2) is 59.9 Å². The molecule has 0 fully saturated rings. The first-order chi connectivity index (χ1) is 13.1. The van der Waals surface area contributed by atoms with E-state index in [0.29, 0.717) is 24.4 Å². The van der Waals surface area contributed by atoms with Crippen molar-refractivity contribution in [1.29, 1.82) is 0 Å². The van der Waals surface area contributed by atoms with Crippen LogP contribution in [0.4, 0.5) is 4.79 Å². The van der Waals surface area contributed by atoms with Crippen LogP contribution in [0.1, 0.15) is 17.3 Å². The zero-order chi connectivity index (χ0) is 19.0. The van der Waals surface area contributed by atoms with Gasteiger partial charge in [-0.3, -0.25) is 14.7 Å². The van der Waals surface area contributed by atoms with E-state index in [2.05, 4.69) is 10.3 Å². The number of carbonyl (C=O) groups excluding carboxylic acids is 2. The van der Waals surface area contributed by atoms with Crippen LogP contribution >= 0.6 is 0 Å². The molecular weight excluding hydrogens is 344 g/mol. The predicted octanol–water partition coefficient (Wildman–Crippen LogP) is 2.08. The van der Waals surface area contributed by atoms with Crippen molar-refractivity contribution in [2.75, 3.05) is 20.7 Å². The Kier molecular flexibility index (Phi) is 4.27. The Morgan fingerprint density at radius 2 is 1.96 bits per heavy atom. The van der Waals surface area contributed by atoms with Gasteiger partial charge in [-0.15, -0.1) is 0 Å². The van der Waals surface area contributed by atoms with E-state index in [9.17, 15) is 9.59 Å². The van der Waals surface area contributed by atoms with Crippen LogP contribution in [0.2, 0.25) is 0 Å². The molecule has 1 aromatic heterocycles. The fraction of sp³-hybridized carbons (Fsp3) is 0.250. The number of likely N-dealkylation sites (N-methyl/N-ethyl adjacent to an activating group) is 1. The van der Waals surface area contributed by atoms with E-state index < -0.39 is 6.04 Å². The summed E-state index contributed by atoms with van der Waals surface area (Å²) < 4.78 is 5.44. The number of amides is 3. The van der Waals surface area contributed by atoms with E-state index in [1.54, 1.807) is 25.3 Å². The Balaban J connectivity index is 1.71. The van der Waals surface area contributed by atoms with Gasteiger partial charge in [-0.25, -0.2) is 4.79 Å². The van der Waals surface area contributed by atoms with Crippen molar-refractivity contribution in [2.45, 2.75) is 12.6 Å². The van der Waals surface area contributed by atoms with Gasteiger partial charge in [0.15, 0.2) is 0 Å². The van der Waals surface area contributed by atoms with Gasteiger partial charge in [0.25, 0.3) is 5.91 Å². The van der Waals surface area contributed by atoms with Crippen LogP contribution in [-0.2, 0) is 11.3 Å². The molecule has 0 spiro atoms. The lowest BCUT2D eigenvalue weighted by Crippen LogP contribution is -2.45. The molecule has 0 radical (unpaired) electrons. The third kappa shape index (κ3) is 2.91. The van der Waals surface area contributed by atoms with Crippen LogP contribution in [0.25, 0.3) is 0 Å². The minimum Gasteiger partial charge on any atom is -0.496 e. The number of rotatable bonds is 4. The van der Waals surface area contributed by atoms with Gasteiger partial charge in [0, 0.05) is 18.8 Å². The zero-order valence-electron chi connectivity index (χ0n) is 15.2. The van der Waals surface area contributed by atoms with Crippen molar-refractivity contribution >= 4 is 11.9 Å². The summed E-state index contributed by atoms with van der Waals surface area (Å²) in [5.41, 5.74) is 2.87. The van der Waals surface area contributed by atoms with Crippen molar-refractivity contribution in [3.8, 4) is 5.75 Å². The van der Waals surface area contributed by atoms with Crippen molar-refractivity contribution in [3.05, 3.63) is 71.2 Å². The molecule has 2 aromatic rings. The van der Waals surface area contributed by atoms with Gasteiger partial charge >= 0.3 is 6.03 Å². The van der Waals surface area contributed by atoms with Gasteiger partial charge in [-0.1, -0.05) is 24.3 Å². The number of nitrogens with one attached hydrogen (secondary N) is 1. The molecular formula is C20H20N4O3. The molecule has 0 bridgehead atoms. The van der Waals surface area contributed by atoms with E-state index in [0.717, 1.165) is 17.0 Å². The normalized spacial score (nSPS) is 19.3. The van der Waals surface area contributed by atoms with Crippen molar-refractivity contribution in [3.63, 3.8) is 0 Å². The minimum atomic E-state index is -0.541. The molecule has 1 N–H and O–H groups in total. The molecule has 138 valence electrons. The summed E-state index contributed by atoms with van der Waals surface area (Å²) in [6.45, 7) is 0.771. The van der Waals surface area contributed by atoms with E-state index >= 15 is 0 Å². The summed E-state index contributed by atoms with van der Waals surface area (Å²) in [6, 6.07) is 12.3. The van der Waals surface area contributed by atoms with E-state index in [1.165, 1.54) is 4.90 Å².